The van der Waals surface area contributed by atoms with Gasteiger partial charge in [-0.05, 0) is 30.5 Å². The van der Waals surface area contributed by atoms with Gasteiger partial charge in [0.2, 0.25) is 11.8 Å². The van der Waals surface area contributed by atoms with E-state index < -0.39 is 12.1 Å². The predicted molar refractivity (Wildman–Crippen MR) is 103 cm³/mol. The van der Waals surface area contributed by atoms with Gasteiger partial charge in [-0.3, -0.25) is 14.4 Å². The zero-order valence-electron chi connectivity index (χ0n) is 15.7. The lowest BCUT2D eigenvalue weighted by atomic mass is 9.98. The first-order valence-electron chi connectivity index (χ1n) is 8.70. The van der Waals surface area contributed by atoms with Crippen LogP contribution in [0.2, 0.25) is 0 Å². The van der Waals surface area contributed by atoms with Crippen LogP contribution in [0, 0.1) is 0 Å². The van der Waals surface area contributed by atoms with Gasteiger partial charge in [0.15, 0.2) is 0 Å². The van der Waals surface area contributed by atoms with Crippen molar-refractivity contribution in [2.45, 2.75) is 32.5 Å². The molecule has 142 valence electrons. The Hall–Kier alpha value is -3.15. The third kappa shape index (κ3) is 4.34. The van der Waals surface area contributed by atoms with Crippen molar-refractivity contribution in [3.05, 3.63) is 60.2 Å². The molecule has 2 aromatic rings. The van der Waals surface area contributed by atoms with Gasteiger partial charge >= 0.3 is 0 Å². The molecule has 2 amide bonds. The lowest BCUT2D eigenvalue weighted by molar-refractivity contribution is -0.159. The molecule has 3 rings (SSSR count). The minimum absolute atomic E-state index is 0.00698. The molecule has 2 atom stereocenters. The summed E-state index contributed by atoms with van der Waals surface area (Å²) < 4.78 is 0. The standard InChI is InChI=1S/C20H22N2O2.CH2O2/c1-14-20(24)22(15(2)19(23)21(14)3)13-17-11-7-8-12-18(17)16-9-5-4-6-10-16;2-1-3/h4-12,14-15H,13H2,1-3H3;1H,(H,2,3)/t14-,15-;/m0./s1. The molecule has 1 heterocycles. The zero-order chi connectivity index (χ0) is 20.0. The largest absolute Gasteiger partial charge is 0.483 e. The Morgan fingerprint density at radius 1 is 0.926 bits per heavy atom. The van der Waals surface area contributed by atoms with Crippen molar-refractivity contribution in [3.8, 4) is 11.1 Å². The fourth-order valence-electron chi connectivity index (χ4n) is 3.17. The zero-order valence-corrected chi connectivity index (χ0v) is 15.7. The molecule has 0 spiro atoms. The van der Waals surface area contributed by atoms with Crippen molar-refractivity contribution < 1.29 is 19.5 Å². The van der Waals surface area contributed by atoms with E-state index in [1.807, 2.05) is 36.4 Å². The summed E-state index contributed by atoms with van der Waals surface area (Å²) in [5.41, 5.74) is 3.26. The van der Waals surface area contributed by atoms with Crippen LogP contribution in [-0.4, -0.2) is 52.3 Å². The van der Waals surface area contributed by atoms with Gasteiger partial charge in [-0.2, -0.15) is 0 Å². The second-order valence-electron chi connectivity index (χ2n) is 6.40. The lowest BCUT2D eigenvalue weighted by Gasteiger charge is -2.41. The Morgan fingerprint density at radius 3 is 2.11 bits per heavy atom. The molecule has 6 nitrogen and oxygen atoms in total. The maximum Gasteiger partial charge on any atom is 0.290 e. The number of carbonyl (C=O) groups is 3. The fraction of sp³-hybridized carbons (Fsp3) is 0.286. The van der Waals surface area contributed by atoms with E-state index in [9.17, 15) is 9.59 Å². The topological polar surface area (TPSA) is 77.9 Å². The number of benzene rings is 2. The molecule has 0 saturated carbocycles. The molecule has 0 unspecified atom stereocenters. The van der Waals surface area contributed by atoms with Gasteiger partial charge in [0, 0.05) is 13.6 Å². The number of hydrogen-bond donors (Lipinski definition) is 1. The summed E-state index contributed by atoms with van der Waals surface area (Å²) in [6.07, 6.45) is 0. The molecule has 1 N–H and O–H groups in total. The average Bonchev–Trinajstić information content (AvgIpc) is 2.70. The maximum atomic E-state index is 12.7. The summed E-state index contributed by atoms with van der Waals surface area (Å²) in [5.74, 6) is -0.0215. The van der Waals surface area contributed by atoms with Gasteiger partial charge in [-0.15, -0.1) is 0 Å². The lowest BCUT2D eigenvalue weighted by Crippen LogP contribution is -2.61. The van der Waals surface area contributed by atoms with Crippen LogP contribution in [-0.2, 0) is 20.9 Å². The molecule has 0 aromatic heterocycles. The molecule has 27 heavy (non-hydrogen) atoms. The predicted octanol–water partition coefficient (Wildman–Crippen LogP) is 2.63. The highest BCUT2D eigenvalue weighted by Crippen LogP contribution is 2.27. The summed E-state index contributed by atoms with van der Waals surface area (Å²) in [6, 6.07) is 17.3. The van der Waals surface area contributed by atoms with Crippen LogP contribution in [0.25, 0.3) is 11.1 Å². The highest BCUT2D eigenvalue weighted by molar-refractivity contribution is 5.96. The quantitative estimate of drug-likeness (QED) is 0.845. The van der Waals surface area contributed by atoms with Crippen LogP contribution >= 0.6 is 0 Å². The van der Waals surface area contributed by atoms with Gasteiger partial charge in [0.25, 0.3) is 6.47 Å². The third-order valence-corrected chi connectivity index (χ3v) is 4.84. The van der Waals surface area contributed by atoms with Gasteiger partial charge in [-0.25, -0.2) is 0 Å². The van der Waals surface area contributed by atoms with Crippen molar-refractivity contribution in [3.63, 3.8) is 0 Å². The Kier molecular flexibility index (Phi) is 6.71. The number of piperazine rings is 1. The molecule has 1 aliphatic heterocycles. The fourth-order valence-corrected chi connectivity index (χ4v) is 3.17. The maximum absolute atomic E-state index is 12.7. The monoisotopic (exact) mass is 368 g/mol. The van der Waals surface area contributed by atoms with Crippen LogP contribution in [0.15, 0.2) is 54.6 Å². The van der Waals surface area contributed by atoms with E-state index in [2.05, 4.69) is 18.2 Å². The highest BCUT2D eigenvalue weighted by Gasteiger charge is 2.39. The van der Waals surface area contributed by atoms with Crippen LogP contribution < -0.4 is 0 Å². The van der Waals surface area contributed by atoms with Gasteiger partial charge in [0.05, 0.1) is 0 Å². The van der Waals surface area contributed by atoms with Crippen LogP contribution in [0.4, 0.5) is 0 Å². The minimum Gasteiger partial charge on any atom is -0.483 e. The molecule has 1 saturated heterocycles. The van der Waals surface area contributed by atoms with Gasteiger partial charge < -0.3 is 14.9 Å². The first kappa shape index (κ1) is 20.2. The van der Waals surface area contributed by atoms with E-state index in [4.69, 9.17) is 9.90 Å². The number of rotatable bonds is 3. The van der Waals surface area contributed by atoms with Crippen molar-refractivity contribution in [2.24, 2.45) is 0 Å². The Bertz CT molecular complexity index is 807. The summed E-state index contributed by atoms with van der Waals surface area (Å²) in [5, 5.41) is 6.89. The SMILES string of the molecule is C[C@H]1C(=O)N(Cc2ccccc2-c2ccccc2)[C@@H](C)C(=O)N1C.O=CO. The molecule has 2 aromatic carbocycles. The third-order valence-electron chi connectivity index (χ3n) is 4.84. The average molecular weight is 368 g/mol. The number of hydrogen-bond acceptors (Lipinski definition) is 3. The summed E-state index contributed by atoms with van der Waals surface area (Å²) >= 11 is 0. The van der Waals surface area contributed by atoms with Gasteiger partial charge in [-0.1, -0.05) is 54.6 Å². The number of nitrogens with zero attached hydrogens (tertiary/aromatic N) is 2. The number of likely N-dealkylation sites (N-methyl/N-ethyl adjacent to an activating group) is 1. The highest BCUT2D eigenvalue weighted by atomic mass is 16.3. The number of carbonyl (C=O) groups excluding carboxylic acids is 2. The summed E-state index contributed by atoms with van der Waals surface area (Å²) in [4.78, 5) is 36.6. The van der Waals surface area contributed by atoms with Crippen molar-refractivity contribution in [1.29, 1.82) is 0 Å². The number of carboxylic acid groups (broad SMARTS) is 1. The van der Waals surface area contributed by atoms with Gasteiger partial charge in [0.1, 0.15) is 12.1 Å². The van der Waals surface area contributed by atoms with Crippen LogP contribution in [0.1, 0.15) is 19.4 Å². The minimum atomic E-state index is -0.442. The molecule has 1 fully saturated rings. The Labute approximate surface area is 159 Å². The molecule has 0 bridgehead atoms. The summed E-state index contributed by atoms with van der Waals surface area (Å²) in [7, 11) is 1.69. The molecular formula is C21H24N2O4. The van der Waals surface area contributed by atoms with Crippen LogP contribution in [0.5, 0.6) is 0 Å². The van der Waals surface area contributed by atoms with E-state index in [0.29, 0.717) is 6.54 Å². The molecule has 0 radical (unpaired) electrons. The first-order chi connectivity index (χ1) is 12.9. The van der Waals surface area contributed by atoms with Crippen LogP contribution in [0.3, 0.4) is 0 Å². The summed E-state index contributed by atoms with van der Waals surface area (Å²) in [6.45, 7) is 3.77. The molecular weight excluding hydrogens is 344 g/mol. The molecule has 6 heteroatoms. The van der Waals surface area contributed by atoms with E-state index in [1.54, 1.807) is 25.8 Å². The Balaban J connectivity index is 0.000000817. The molecule has 1 aliphatic rings. The second-order valence-corrected chi connectivity index (χ2v) is 6.40. The van der Waals surface area contributed by atoms with E-state index >= 15 is 0 Å². The van der Waals surface area contributed by atoms with Crippen molar-refractivity contribution in [1.82, 2.24) is 9.80 Å². The van der Waals surface area contributed by atoms with Crippen molar-refractivity contribution >= 4 is 18.3 Å². The molecule has 0 aliphatic carbocycles. The first-order valence-corrected chi connectivity index (χ1v) is 8.70. The number of amides is 2. The second kappa shape index (κ2) is 8.98. The van der Waals surface area contributed by atoms with E-state index in [1.165, 1.54) is 4.90 Å². The Morgan fingerprint density at radius 2 is 1.48 bits per heavy atom. The smallest absolute Gasteiger partial charge is 0.290 e. The normalized spacial score (nSPS) is 19.4. The van der Waals surface area contributed by atoms with E-state index in [0.717, 1.165) is 16.7 Å². The van der Waals surface area contributed by atoms with E-state index in [-0.39, 0.29) is 18.3 Å². The van der Waals surface area contributed by atoms with Crippen molar-refractivity contribution in [2.75, 3.05) is 7.05 Å².